The predicted molar refractivity (Wildman–Crippen MR) is 34.5 cm³/mol. The first-order valence-electron chi connectivity index (χ1n) is 2.73. The number of nitrogens with zero attached hydrogens (tertiary/aromatic N) is 1. The Balaban J connectivity index is 0. The van der Waals surface area contributed by atoms with Crippen LogP contribution in [0.1, 0.15) is 6.92 Å². The Bertz CT molecular complexity index is 122. The number of carbonyl (C=O) groups excluding carboxylic acids is 1. The molecule has 0 spiro atoms. The summed E-state index contributed by atoms with van der Waals surface area (Å²) in [4.78, 5) is 18.4. The van der Waals surface area contributed by atoms with E-state index in [0.717, 1.165) is 0 Å². The molecule has 0 heterocycles. The molecule has 0 fully saturated rings. The highest BCUT2D eigenvalue weighted by molar-refractivity contribution is 5.71. The van der Waals surface area contributed by atoms with E-state index in [1.54, 1.807) is 6.92 Å². The van der Waals surface area contributed by atoms with Crippen LogP contribution in [-0.4, -0.2) is 29.4 Å². The maximum atomic E-state index is 10.1. The summed E-state index contributed by atoms with van der Waals surface area (Å²) in [6.07, 6.45) is 0. The first-order valence-corrected chi connectivity index (χ1v) is 2.73. The second kappa shape index (κ2) is 8.63. The molecule has 0 amide bonds. The fraction of sp³-hybridized carbons (Fsp3) is 0.750. The number of rotatable bonds is 2. The number of carbonyl (C=O) groups is 1. The van der Waals surface area contributed by atoms with E-state index in [1.165, 1.54) is 0 Å². The molecule has 11 heavy (non-hydrogen) atoms. The van der Waals surface area contributed by atoms with Gasteiger partial charge in [0.1, 0.15) is 0 Å². The van der Waals surface area contributed by atoms with Crippen molar-refractivity contribution in [2.75, 3.05) is 13.2 Å². The van der Waals surface area contributed by atoms with Crippen molar-refractivity contribution in [1.29, 1.82) is 0 Å². The van der Waals surface area contributed by atoms with Gasteiger partial charge in [-0.3, -0.25) is 4.79 Å². The summed E-state index contributed by atoms with van der Waals surface area (Å²) in [6, 6.07) is 0. The predicted octanol–water partition coefficient (Wildman–Crippen LogP) is -0.839. The van der Waals surface area contributed by atoms with Crippen LogP contribution in [0.4, 0.5) is 0 Å². The number of hydrogen-bond acceptors (Lipinski definition) is 5. The van der Waals surface area contributed by atoms with Gasteiger partial charge in [-0.1, -0.05) is 0 Å². The molecule has 0 aliphatic heterocycles. The summed E-state index contributed by atoms with van der Waals surface area (Å²) in [6.45, 7) is 2.14. The fourth-order valence-corrected chi connectivity index (χ4v) is 0.220. The van der Waals surface area contributed by atoms with Gasteiger partial charge in [-0.05, 0) is 6.92 Å². The molecule has 0 aromatic rings. The van der Waals surface area contributed by atoms with Gasteiger partial charge < -0.3 is 15.7 Å². The van der Waals surface area contributed by atoms with Gasteiger partial charge >= 0.3 is 5.97 Å². The Morgan fingerprint density at radius 2 is 2.18 bits per heavy atom. The first-order chi connectivity index (χ1) is 5.04. The van der Waals surface area contributed by atoms with Crippen LogP contribution in [0, 0.1) is 10.1 Å². The second-order valence-corrected chi connectivity index (χ2v) is 1.25. The SMILES string of the molecule is CCOC(=O)CN.O=[N+]([O-])O. The lowest BCUT2D eigenvalue weighted by Gasteiger charge is -1.93. The largest absolute Gasteiger partial charge is 0.465 e. The van der Waals surface area contributed by atoms with Crippen molar-refractivity contribution >= 4 is 5.97 Å². The molecule has 0 rings (SSSR count). The van der Waals surface area contributed by atoms with E-state index in [2.05, 4.69) is 4.74 Å². The summed E-state index contributed by atoms with van der Waals surface area (Å²) in [5.41, 5.74) is 4.88. The standard InChI is InChI=1S/C4H9NO2.HNO3/c1-2-7-4(6)3-5;2-1(3)4/h2-3,5H2,1H3;(H,2,3,4). The van der Waals surface area contributed by atoms with Crippen molar-refractivity contribution in [2.24, 2.45) is 5.73 Å². The van der Waals surface area contributed by atoms with Crippen LogP contribution in [0.5, 0.6) is 0 Å². The Morgan fingerprint density at radius 3 is 2.27 bits per heavy atom. The van der Waals surface area contributed by atoms with Gasteiger partial charge in [-0.15, -0.1) is 10.1 Å². The Hall–Kier alpha value is -1.37. The molecular weight excluding hydrogens is 156 g/mol. The zero-order valence-electron chi connectivity index (χ0n) is 6.02. The van der Waals surface area contributed by atoms with Crippen LogP contribution in [0.3, 0.4) is 0 Å². The van der Waals surface area contributed by atoms with Crippen molar-refractivity contribution in [3.05, 3.63) is 10.1 Å². The molecule has 0 atom stereocenters. The molecule has 7 heteroatoms. The van der Waals surface area contributed by atoms with Crippen molar-refractivity contribution in [3.8, 4) is 0 Å². The molecule has 0 saturated carbocycles. The molecule has 0 bridgehead atoms. The van der Waals surface area contributed by atoms with Gasteiger partial charge in [0.15, 0.2) is 0 Å². The van der Waals surface area contributed by atoms with Gasteiger partial charge in [0.2, 0.25) is 0 Å². The third-order valence-corrected chi connectivity index (χ3v) is 0.472. The Morgan fingerprint density at radius 1 is 1.82 bits per heavy atom. The highest BCUT2D eigenvalue weighted by Gasteiger charge is 1.91. The monoisotopic (exact) mass is 166 g/mol. The van der Waals surface area contributed by atoms with E-state index >= 15 is 0 Å². The van der Waals surface area contributed by atoms with Crippen LogP contribution >= 0.6 is 0 Å². The lowest BCUT2D eigenvalue weighted by atomic mass is 10.7. The van der Waals surface area contributed by atoms with E-state index in [1.807, 2.05) is 0 Å². The molecule has 0 unspecified atom stereocenters. The van der Waals surface area contributed by atoms with Crippen molar-refractivity contribution in [3.63, 3.8) is 0 Å². The lowest BCUT2D eigenvalue weighted by Crippen LogP contribution is -2.16. The minimum Gasteiger partial charge on any atom is -0.465 e. The quantitative estimate of drug-likeness (QED) is 0.314. The Labute approximate surface area is 62.9 Å². The minimum atomic E-state index is -1.50. The van der Waals surface area contributed by atoms with Crippen LogP contribution in [0.15, 0.2) is 0 Å². The molecule has 0 aromatic carbocycles. The molecule has 0 aliphatic carbocycles. The summed E-state index contributed by atoms with van der Waals surface area (Å²) >= 11 is 0. The molecule has 0 aliphatic rings. The zero-order chi connectivity index (χ0) is 9.28. The van der Waals surface area contributed by atoms with Gasteiger partial charge in [0.05, 0.1) is 13.2 Å². The highest BCUT2D eigenvalue weighted by atomic mass is 16.9. The smallest absolute Gasteiger partial charge is 0.319 e. The van der Waals surface area contributed by atoms with Gasteiger partial charge in [-0.2, -0.15) is 0 Å². The average Bonchev–Trinajstić information content (AvgIpc) is 1.87. The van der Waals surface area contributed by atoms with E-state index in [4.69, 9.17) is 21.1 Å². The zero-order valence-corrected chi connectivity index (χ0v) is 6.02. The van der Waals surface area contributed by atoms with Crippen molar-refractivity contribution in [2.45, 2.75) is 6.92 Å². The number of hydrogen-bond donors (Lipinski definition) is 2. The van der Waals surface area contributed by atoms with E-state index < -0.39 is 5.09 Å². The number of ether oxygens (including phenoxy) is 1. The number of esters is 1. The maximum Gasteiger partial charge on any atom is 0.319 e. The normalized spacial score (nSPS) is 7.45. The average molecular weight is 166 g/mol. The van der Waals surface area contributed by atoms with E-state index in [0.29, 0.717) is 6.61 Å². The lowest BCUT2D eigenvalue weighted by molar-refractivity contribution is -0.742. The molecule has 0 radical (unpaired) electrons. The molecule has 66 valence electrons. The van der Waals surface area contributed by atoms with E-state index in [9.17, 15) is 4.79 Å². The first kappa shape index (κ1) is 12.3. The van der Waals surface area contributed by atoms with Crippen molar-refractivity contribution < 1.29 is 19.8 Å². The third-order valence-electron chi connectivity index (χ3n) is 0.472. The highest BCUT2D eigenvalue weighted by Crippen LogP contribution is 1.69. The summed E-state index contributed by atoms with van der Waals surface area (Å²) in [5.74, 6) is -0.345. The summed E-state index contributed by atoms with van der Waals surface area (Å²) in [7, 11) is 0. The van der Waals surface area contributed by atoms with Crippen LogP contribution in [0.25, 0.3) is 0 Å². The topological polar surface area (TPSA) is 116 Å². The molecular formula is C4H10N2O5. The molecule has 0 saturated heterocycles. The molecule has 0 aromatic heterocycles. The Kier molecular flexibility index (Phi) is 9.67. The second-order valence-electron chi connectivity index (χ2n) is 1.25. The van der Waals surface area contributed by atoms with Gasteiger partial charge in [0.25, 0.3) is 5.09 Å². The summed E-state index contributed by atoms with van der Waals surface area (Å²) < 4.78 is 4.43. The van der Waals surface area contributed by atoms with Crippen LogP contribution in [0.2, 0.25) is 0 Å². The molecule has 7 nitrogen and oxygen atoms in total. The molecule has 3 N–H and O–H groups in total. The van der Waals surface area contributed by atoms with Crippen molar-refractivity contribution in [1.82, 2.24) is 0 Å². The van der Waals surface area contributed by atoms with Crippen LogP contribution in [-0.2, 0) is 9.53 Å². The third kappa shape index (κ3) is 28.8. The maximum absolute atomic E-state index is 10.1. The minimum absolute atomic E-state index is 0.0200. The fourth-order valence-electron chi connectivity index (χ4n) is 0.220. The summed E-state index contributed by atoms with van der Waals surface area (Å²) in [5, 5.41) is 13.6. The van der Waals surface area contributed by atoms with Gasteiger partial charge in [0, 0.05) is 0 Å². The van der Waals surface area contributed by atoms with E-state index in [-0.39, 0.29) is 12.5 Å². The van der Waals surface area contributed by atoms with Crippen LogP contribution < -0.4 is 5.73 Å². The van der Waals surface area contributed by atoms with Gasteiger partial charge in [-0.25, -0.2) is 0 Å². The number of nitrogens with two attached hydrogens (primary N) is 1.